The molecule has 29 heavy (non-hydrogen) atoms. The summed E-state index contributed by atoms with van der Waals surface area (Å²) in [4.78, 5) is 14.0. The Morgan fingerprint density at radius 2 is 1.83 bits per heavy atom. The van der Waals surface area contributed by atoms with Crippen LogP contribution in [0.3, 0.4) is 0 Å². The van der Waals surface area contributed by atoms with Crippen LogP contribution in [0.5, 0.6) is 0 Å². The van der Waals surface area contributed by atoms with Gasteiger partial charge in [-0.25, -0.2) is 0 Å². The van der Waals surface area contributed by atoms with Crippen LogP contribution in [0.15, 0.2) is 58.6 Å². The van der Waals surface area contributed by atoms with Gasteiger partial charge in [-0.1, -0.05) is 54.6 Å². The lowest BCUT2D eigenvalue weighted by Crippen LogP contribution is -2.25. The van der Waals surface area contributed by atoms with Crippen molar-refractivity contribution in [3.8, 4) is 0 Å². The Balaban J connectivity index is 1.63. The summed E-state index contributed by atoms with van der Waals surface area (Å²) in [6, 6.07) is 16.3. The van der Waals surface area contributed by atoms with Crippen LogP contribution in [-0.4, -0.2) is 25.9 Å². The van der Waals surface area contributed by atoms with Gasteiger partial charge in [0, 0.05) is 17.6 Å². The van der Waals surface area contributed by atoms with Crippen LogP contribution in [0, 0.1) is 13.8 Å². The number of nitrogens with one attached hydrogen (secondary N) is 1. The Hall–Kier alpha value is -2.25. The van der Waals surface area contributed by atoms with Gasteiger partial charge in [0.25, 0.3) is 0 Å². The van der Waals surface area contributed by atoms with Gasteiger partial charge in [0.15, 0.2) is 5.16 Å². The highest BCUT2D eigenvalue weighted by Crippen LogP contribution is 2.28. The summed E-state index contributed by atoms with van der Waals surface area (Å²) in [5.41, 5.74) is 3.15. The normalized spacial score (nSPS) is 12.0. The summed E-state index contributed by atoms with van der Waals surface area (Å²) < 4.78 is 1.98. The van der Waals surface area contributed by atoms with Crippen LogP contribution in [0.1, 0.15) is 30.3 Å². The first-order chi connectivity index (χ1) is 14.0. The molecule has 5 nitrogen and oxygen atoms in total. The highest BCUT2D eigenvalue weighted by atomic mass is 32.2. The highest BCUT2D eigenvalue weighted by Gasteiger charge is 2.22. The van der Waals surface area contributed by atoms with E-state index in [1.165, 1.54) is 22.2 Å². The van der Waals surface area contributed by atoms with Gasteiger partial charge >= 0.3 is 0 Å². The fourth-order valence-electron chi connectivity index (χ4n) is 2.73. The summed E-state index contributed by atoms with van der Waals surface area (Å²) in [5, 5.41) is 12.2. The number of anilines is 1. The Morgan fingerprint density at radius 1 is 1.10 bits per heavy atom. The number of para-hydroxylation sites is 1. The molecule has 3 rings (SSSR count). The monoisotopic (exact) mass is 426 g/mol. The number of carbonyl (C=O) groups excluding carboxylic acids is 1. The van der Waals surface area contributed by atoms with Gasteiger partial charge in [0.1, 0.15) is 5.82 Å². The summed E-state index contributed by atoms with van der Waals surface area (Å²) >= 11 is 3.19. The van der Waals surface area contributed by atoms with E-state index in [1.54, 1.807) is 11.8 Å². The molecule has 3 aromatic rings. The molecule has 0 saturated heterocycles. The lowest BCUT2D eigenvalue weighted by Gasteiger charge is -2.15. The number of amides is 1. The number of nitrogens with zero attached hydrogens (tertiary/aromatic N) is 3. The number of hydrogen-bond acceptors (Lipinski definition) is 5. The number of rotatable bonds is 8. The summed E-state index contributed by atoms with van der Waals surface area (Å²) in [6.07, 6.45) is 0.711. The Morgan fingerprint density at radius 3 is 2.52 bits per heavy atom. The topological polar surface area (TPSA) is 59.8 Å². The maximum Gasteiger partial charge on any atom is 0.237 e. The molecular formula is C22H26N4OS2. The van der Waals surface area contributed by atoms with E-state index in [0.717, 1.165) is 28.0 Å². The molecule has 1 unspecified atom stereocenters. The smallest absolute Gasteiger partial charge is 0.237 e. The van der Waals surface area contributed by atoms with Crippen molar-refractivity contribution in [3.05, 3.63) is 65.5 Å². The van der Waals surface area contributed by atoms with Gasteiger partial charge < -0.3 is 9.88 Å². The molecule has 0 spiro atoms. The van der Waals surface area contributed by atoms with E-state index in [-0.39, 0.29) is 11.2 Å². The maximum atomic E-state index is 12.8. The van der Waals surface area contributed by atoms with E-state index in [4.69, 9.17) is 0 Å². The van der Waals surface area contributed by atoms with Gasteiger partial charge in [-0.2, -0.15) is 0 Å². The zero-order valence-electron chi connectivity index (χ0n) is 17.2. The zero-order chi connectivity index (χ0) is 20.8. The van der Waals surface area contributed by atoms with Gasteiger partial charge in [-0.15, -0.1) is 22.0 Å². The Bertz CT molecular complexity index is 969. The molecule has 2 aromatic carbocycles. The minimum atomic E-state index is -0.227. The summed E-state index contributed by atoms with van der Waals surface area (Å²) in [5.74, 6) is 1.62. The number of benzene rings is 2. The molecule has 0 aliphatic heterocycles. The molecule has 0 radical (unpaired) electrons. The molecule has 0 fully saturated rings. The molecule has 1 aromatic heterocycles. The lowest BCUT2D eigenvalue weighted by atomic mass is 10.2. The number of aryl methyl sites for hydroxylation is 2. The largest absolute Gasteiger partial charge is 0.325 e. The van der Waals surface area contributed by atoms with Crippen molar-refractivity contribution in [2.75, 3.05) is 5.32 Å². The molecule has 0 aliphatic carbocycles. The predicted molar refractivity (Wildman–Crippen MR) is 121 cm³/mol. The minimum Gasteiger partial charge on any atom is -0.325 e. The second kappa shape index (κ2) is 9.98. The van der Waals surface area contributed by atoms with Gasteiger partial charge in [0.2, 0.25) is 5.91 Å². The molecule has 1 amide bonds. The first-order valence-electron chi connectivity index (χ1n) is 9.58. The molecule has 152 valence electrons. The average molecular weight is 427 g/mol. The Labute approximate surface area is 180 Å². The van der Waals surface area contributed by atoms with Crippen molar-refractivity contribution in [2.24, 2.45) is 7.05 Å². The van der Waals surface area contributed by atoms with E-state index in [1.807, 2.05) is 49.7 Å². The third kappa shape index (κ3) is 5.64. The molecule has 0 aliphatic rings. The van der Waals surface area contributed by atoms with Crippen LogP contribution in [0.4, 0.5) is 5.69 Å². The van der Waals surface area contributed by atoms with Crippen molar-refractivity contribution in [3.63, 3.8) is 0 Å². The third-order valence-electron chi connectivity index (χ3n) is 4.63. The number of carbonyl (C=O) groups is 1. The number of hydrogen-bond donors (Lipinski definition) is 1. The highest BCUT2D eigenvalue weighted by molar-refractivity contribution is 8.00. The maximum absolute atomic E-state index is 12.8. The van der Waals surface area contributed by atoms with Gasteiger partial charge in [0.05, 0.1) is 11.0 Å². The lowest BCUT2D eigenvalue weighted by molar-refractivity contribution is -0.115. The van der Waals surface area contributed by atoms with Crippen LogP contribution in [-0.2, 0) is 17.6 Å². The molecule has 1 atom stereocenters. The Kier molecular flexibility index (Phi) is 7.39. The first kappa shape index (κ1) is 21.5. The summed E-state index contributed by atoms with van der Waals surface area (Å²) in [6.45, 7) is 6.09. The van der Waals surface area contributed by atoms with Crippen molar-refractivity contribution < 1.29 is 4.79 Å². The molecule has 0 saturated carbocycles. The van der Waals surface area contributed by atoms with E-state index >= 15 is 0 Å². The van der Waals surface area contributed by atoms with E-state index < -0.39 is 0 Å². The van der Waals surface area contributed by atoms with E-state index in [2.05, 4.69) is 46.7 Å². The fourth-order valence-corrected chi connectivity index (χ4v) is 4.55. The SMILES string of the molecule is CCC(Sc1nnc(CSc2ccc(C)cc2)n1C)C(=O)Nc1ccccc1C. The second-order valence-corrected chi connectivity index (χ2v) is 9.10. The summed E-state index contributed by atoms with van der Waals surface area (Å²) in [7, 11) is 1.96. The van der Waals surface area contributed by atoms with Crippen molar-refractivity contribution >= 4 is 35.1 Å². The molecule has 1 N–H and O–H groups in total. The van der Waals surface area contributed by atoms with Crippen LogP contribution < -0.4 is 5.32 Å². The van der Waals surface area contributed by atoms with Crippen molar-refractivity contribution in [2.45, 2.75) is 48.2 Å². The van der Waals surface area contributed by atoms with Crippen molar-refractivity contribution in [1.82, 2.24) is 14.8 Å². The fraction of sp³-hybridized carbons (Fsp3) is 0.318. The minimum absolute atomic E-state index is 0.00891. The van der Waals surface area contributed by atoms with Crippen LogP contribution in [0.2, 0.25) is 0 Å². The number of aromatic nitrogens is 3. The van der Waals surface area contributed by atoms with Gasteiger partial charge in [-0.3, -0.25) is 4.79 Å². The zero-order valence-corrected chi connectivity index (χ0v) is 18.8. The van der Waals surface area contributed by atoms with Crippen LogP contribution >= 0.6 is 23.5 Å². The van der Waals surface area contributed by atoms with E-state index in [0.29, 0.717) is 6.42 Å². The molecule has 0 bridgehead atoms. The number of thioether (sulfide) groups is 2. The third-order valence-corrected chi connectivity index (χ3v) is 7.03. The standard InChI is InChI=1S/C22H26N4OS2/c1-5-19(21(27)23-18-9-7-6-8-16(18)3)29-22-25-24-20(26(22)4)14-28-17-12-10-15(2)11-13-17/h6-13,19H,5,14H2,1-4H3,(H,23,27). The van der Waals surface area contributed by atoms with E-state index in [9.17, 15) is 4.79 Å². The van der Waals surface area contributed by atoms with Crippen molar-refractivity contribution in [1.29, 1.82) is 0 Å². The molecule has 7 heteroatoms. The first-order valence-corrected chi connectivity index (χ1v) is 11.4. The van der Waals surface area contributed by atoms with Crippen LogP contribution in [0.25, 0.3) is 0 Å². The average Bonchev–Trinajstić information content (AvgIpc) is 3.06. The predicted octanol–water partition coefficient (Wildman–Crippen LogP) is 5.23. The second-order valence-electron chi connectivity index (χ2n) is 6.88. The van der Waals surface area contributed by atoms with Gasteiger partial charge in [-0.05, 0) is 44.0 Å². The molecule has 1 heterocycles. The quantitative estimate of drug-likeness (QED) is 0.500. The molecular weight excluding hydrogens is 400 g/mol.